The number of hydrogen-bond donors (Lipinski definition) is 2. The zero-order chi connectivity index (χ0) is 21.3. The first kappa shape index (κ1) is 20.8. The molecule has 3 rings (SSSR count). The fourth-order valence-corrected chi connectivity index (χ4v) is 4.41. The van der Waals surface area contributed by atoms with Crippen LogP contribution in [0.15, 0.2) is 34.9 Å². The number of β-lactam (4-membered cyclic amide) rings is 1. The molecule has 2 heterocycles. The molecule has 11 heteroatoms. The molecular formula is C18H18N2O8S. The number of aliphatic hydroxyl groups excluding tert-OH is 1. The Morgan fingerprint density at radius 3 is 2.59 bits per heavy atom. The van der Waals surface area contributed by atoms with Gasteiger partial charge in [-0.25, -0.2) is 4.79 Å². The van der Waals surface area contributed by atoms with Crippen LogP contribution in [0.4, 0.5) is 5.69 Å². The normalized spacial score (nSPS) is 21.4. The molecule has 1 amide bonds. The third-order valence-electron chi connectivity index (χ3n) is 4.80. The van der Waals surface area contributed by atoms with Gasteiger partial charge in [0.2, 0.25) is 5.91 Å². The number of esters is 1. The number of aliphatic hydroxyl groups is 1. The highest BCUT2D eigenvalue weighted by Gasteiger charge is 2.56. The molecule has 2 N–H and O–H groups in total. The lowest BCUT2D eigenvalue weighted by Crippen LogP contribution is -2.61. The van der Waals surface area contributed by atoms with Gasteiger partial charge in [-0.3, -0.25) is 19.7 Å². The molecule has 0 spiro atoms. The number of carbonyl (C=O) groups excluding carboxylic acids is 2. The molecule has 2 aliphatic rings. The molecule has 154 valence electrons. The van der Waals surface area contributed by atoms with Crippen molar-refractivity contribution in [1.82, 2.24) is 4.90 Å². The molecule has 0 radical (unpaired) electrons. The van der Waals surface area contributed by atoms with Gasteiger partial charge in [-0.15, -0.1) is 11.8 Å². The summed E-state index contributed by atoms with van der Waals surface area (Å²) in [6.07, 6.45) is -0.613. The number of non-ortho nitro benzene ring substituents is 1. The number of nitrogens with zero attached hydrogens (tertiary/aromatic N) is 2. The van der Waals surface area contributed by atoms with Crippen molar-refractivity contribution in [1.29, 1.82) is 0 Å². The topological polar surface area (TPSA) is 147 Å². The van der Waals surface area contributed by atoms with Crippen LogP contribution >= 0.6 is 11.8 Å². The van der Waals surface area contributed by atoms with Crippen LogP contribution in [0, 0.1) is 16.0 Å². The minimum absolute atomic E-state index is 0.0697. The van der Waals surface area contributed by atoms with E-state index in [0.717, 1.165) is 11.8 Å². The fourth-order valence-electron chi connectivity index (χ4n) is 3.43. The molecule has 2 aliphatic heterocycles. The van der Waals surface area contributed by atoms with E-state index in [1.54, 1.807) is 0 Å². The average molecular weight is 422 g/mol. The van der Waals surface area contributed by atoms with Gasteiger partial charge in [0.05, 0.1) is 28.7 Å². The first-order chi connectivity index (χ1) is 13.7. The van der Waals surface area contributed by atoms with Gasteiger partial charge < -0.3 is 19.8 Å². The molecule has 3 atom stereocenters. The second kappa shape index (κ2) is 8.21. The zero-order valence-electron chi connectivity index (χ0n) is 15.3. The summed E-state index contributed by atoms with van der Waals surface area (Å²) in [7, 11) is 0. The molecule has 0 unspecified atom stereocenters. The van der Waals surface area contributed by atoms with E-state index in [4.69, 9.17) is 4.74 Å². The van der Waals surface area contributed by atoms with Crippen LogP contribution in [0.2, 0.25) is 0 Å². The van der Waals surface area contributed by atoms with Gasteiger partial charge in [-0.2, -0.15) is 0 Å². The first-order valence-electron chi connectivity index (χ1n) is 8.70. The van der Waals surface area contributed by atoms with Crippen LogP contribution in [0.5, 0.6) is 0 Å². The van der Waals surface area contributed by atoms with Gasteiger partial charge in [-0.1, -0.05) is 0 Å². The van der Waals surface area contributed by atoms with Crippen LogP contribution in [-0.4, -0.2) is 55.8 Å². The number of rotatable bonds is 8. The number of aliphatic carboxylic acids is 1. The third kappa shape index (κ3) is 4.10. The van der Waals surface area contributed by atoms with Crippen molar-refractivity contribution < 1.29 is 34.3 Å². The second-order valence-corrected chi connectivity index (χ2v) is 7.77. The summed E-state index contributed by atoms with van der Waals surface area (Å²) in [4.78, 5) is 47.4. The standard InChI is InChI=1S/C18H18N2O8S/c1-9(21)15-12-6-13(16(18(24)25)19(12)17(15)23)29-8-14(22)28-7-10-2-4-11(5-3-10)20(26)27/h2-5,9,12,15,21H,6-8H2,1H3,(H,24,25)/t9-,12+,15+/m0/s1. The molecule has 1 aromatic rings. The lowest BCUT2D eigenvalue weighted by molar-refractivity contribution is -0.384. The maximum atomic E-state index is 12.1. The van der Waals surface area contributed by atoms with E-state index in [2.05, 4.69) is 0 Å². The van der Waals surface area contributed by atoms with E-state index in [-0.39, 0.29) is 30.2 Å². The van der Waals surface area contributed by atoms with Gasteiger partial charge in [0.25, 0.3) is 5.69 Å². The Hall–Kier alpha value is -2.92. The number of nitro benzene ring substituents is 1. The van der Waals surface area contributed by atoms with Crippen molar-refractivity contribution in [3.05, 3.63) is 50.5 Å². The number of carbonyl (C=O) groups is 3. The Morgan fingerprint density at radius 2 is 2.03 bits per heavy atom. The highest BCUT2D eigenvalue weighted by atomic mass is 32.2. The minimum atomic E-state index is -1.26. The molecule has 0 aliphatic carbocycles. The zero-order valence-corrected chi connectivity index (χ0v) is 16.1. The number of fused-ring (bicyclic) bond motifs is 1. The molecule has 29 heavy (non-hydrogen) atoms. The minimum Gasteiger partial charge on any atom is -0.477 e. The van der Waals surface area contributed by atoms with Crippen LogP contribution in [0.1, 0.15) is 18.9 Å². The summed E-state index contributed by atoms with van der Waals surface area (Å²) >= 11 is 0.993. The van der Waals surface area contributed by atoms with E-state index >= 15 is 0 Å². The lowest BCUT2D eigenvalue weighted by Gasteiger charge is -2.44. The third-order valence-corrected chi connectivity index (χ3v) is 5.89. The predicted octanol–water partition coefficient (Wildman–Crippen LogP) is 1.28. The summed E-state index contributed by atoms with van der Waals surface area (Å²) in [5.74, 6) is -3.06. The number of carboxylic acids is 1. The molecule has 0 aromatic heterocycles. The number of nitro groups is 1. The summed E-state index contributed by atoms with van der Waals surface area (Å²) in [6.45, 7) is 1.42. The highest BCUT2D eigenvalue weighted by Crippen LogP contribution is 2.46. The Morgan fingerprint density at radius 1 is 1.38 bits per heavy atom. The summed E-state index contributed by atoms with van der Waals surface area (Å²) in [5, 5.41) is 29.8. The van der Waals surface area contributed by atoms with E-state index < -0.39 is 40.8 Å². The molecule has 1 saturated heterocycles. The maximum Gasteiger partial charge on any atom is 0.353 e. The largest absolute Gasteiger partial charge is 0.477 e. The number of hydrogen-bond acceptors (Lipinski definition) is 8. The molecule has 1 aromatic carbocycles. The smallest absolute Gasteiger partial charge is 0.353 e. The quantitative estimate of drug-likeness (QED) is 0.273. The van der Waals surface area contributed by atoms with Crippen LogP contribution in [0.3, 0.4) is 0 Å². The van der Waals surface area contributed by atoms with Crippen molar-refractivity contribution in [3.8, 4) is 0 Å². The number of ether oxygens (including phenoxy) is 1. The summed E-state index contributed by atoms with van der Waals surface area (Å²) in [5.41, 5.74) is 0.361. The van der Waals surface area contributed by atoms with E-state index in [1.807, 2.05) is 0 Å². The van der Waals surface area contributed by atoms with Crippen molar-refractivity contribution >= 4 is 35.3 Å². The Labute approximate surface area is 169 Å². The van der Waals surface area contributed by atoms with Crippen molar-refractivity contribution in [3.63, 3.8) is 0 Å². The fraction of sp³-hybridized carbons (Fsp3) is 0.389. The van der Waals surface area contributed by atoms with Crippen LogP contribution in [0.25, 0.3) is 0 Å². The molecule has 1 fully saturated rings. The molecular weight excluding hydrogens is 404 g/mol. The number of thioether (sulfide) groups is 1. The molecule has 10 nitrogen and oxygen atoms in total. The summed E-state index contributed by atoms with van der Waals surface area (Å²) in [6, 6.07) is 5.16. The van der Waals surface area contributed by atoms with Crippen LogP contribution in [-0.2, 0) is 25.7 Å². The monoisotopic (exact) mass is 422 g/mol. The highest BCUT2D eigenvalue weighted by molar-refractivity contribution is 8.03. The SMILES string of the molecule is C[C@H](O)[C@H]1C(=O)N2C(C(=O)O)=C(SCC(=O)OCc3ccc([N+](=O)[O-])cc3)C[C@H]12. The van der Waals surface area contributed by atoms with Crippen LogP contribution < -0.4 is 0 Å². The average Bonchev–Trinajstić information content (AvgIpc) is 2.99. The first-order valence-corrected chi connectivity index (χ1v) is 9.68. The maximum absolute atomic E-state index is 12.1. The Kier molecular flexibility index (Phi) is 5.89. The van der Waals surface area contributed by atoms with Gasteiger partial charge in [0.15, 0.2) is 0 Å². The van der Waals surface area contributed by atoms with Crippen molar-refractivity contribution in [2.75, 3.05) is 5.75 Å². The number of carboxylic acid groups (broad SMARTS) is 1. The number of amides is 1. The molecule has 0 saturated carbocycles. The van der Waals surface area contributed by atoms with Gasteiger partial charge >= 0.3 is 11.9 Å². The van der Waals surface area contributed by atoms with E-state index in [1.165, 1.54) is 36.1 Å². The second-order valence-electron chi connectivity index (χ2n) is 6.70. The summed E-state index contributed by atoms with van der Waals surface area (Å²) < 4.78 is 5.11. The van der Waals surface area contributed by atoms with Crippen molar-refractivity contribution in [2.24, 2.45) is 5.92 Å². The predicted molar refractivity (Wildman–Crippen MR) is 100 cm³/mol. The van der Waals surface area contributed by atoms with Crippen molar-refractivity contribution in [2.45, 2.75) is 32.1 Å². The van der Waals surface area contributed by atoms with Gasteiger partial charge in [0, 0.05) is 23.5 Å². The lowest BCUT2D eigenvalue weighted by atomic mass is 9.83. The Balaban J connectivity index is 1.56. The molecule has 0 bridgehead atoms. The van der Waals surface area contributed by atoms with Gasteiger partial charge in [0.1, 0.15) is 12.3 Å². The van der Waals surface area contributed by atoms with E-state index in [0.29, 0.717) is 10.5 Å². The number of benzene rings is 1. The van der Waals surface area contributed by atoms with Gasteiger partial charge in [-0.05, 0) is 24.6 Å². The Bertz CT molecular complexity index is 896. The van der Waals surface area contributed by atoms with E-state index in [9.17, 15) is 34.7 Å².